The van der Waals surface area contributed by atoms with Crippen LogP contribution >= 0.6 is 11.6 Å². The molecule has 0 bridgehead atoms. The first kappa shape index (κ1) is 18.9. The van der Waals surface area contributed by atoms with Gasteiger partial charge in [0.05, 0.1) is 18.2 Å². The maximum atomic E-state index is 13.2. The molecule has 0 spiro atoms. The van der Waals surface area contributed by atoms with Crippen LogP contribution in [0.2, 0.25) is 5.02 Å². The fraction of sp³-hybridized carbons (Fsp3) is 0.368. The largest absolute Gasteiger partial charge is 0.503 e. The summed E-state index contributed by atoms with van der Waals surface area (Å²) in [4.78, 5) is 2.19. The van der Waals surface area contributed by atoms with Crippen molar-refractivity contribution >= 4 is 11.6 Å². The van der Waals surface area contributed by atoms with Crippen molar-refractivity contribution in [3.05, 3.63) is 58.4 Å². The summed E-state index contributed by atoms with van der Waals surface area (Å²) in [5.41, 5.74) is 8.49. The van der Waals surface area contributed by atoms with Crippen molar-refractivity contribution in [1.29, 1.82) is 0 Å². The lowest BCUT2D eigenvalue weighted by Crippen LogP contribution is -2.30. The van der Waals surface area contributed by atoms with E-state index < -0.39 is 0 Å². The molecule has 0 radical (unpaired) electrons. The van der Waals surface area contributed by atoms with E-state index in [1.54, 1.807) is 12.1 Å². The molecule has 1 aliphatic heterocycles. The lowest BCUT2D eigenvalue weighted by molar-refractivity contribution is 0.262. The van der Waals surface area contributed by atoms with E-state index in [1.165, 1.54) is 19.2 Å². The van der Waals surface area contributed by atoms with Gasteiger partial charge in [-0.15, -0.1) is 0 Å². The summed E-state index contributed by atoms with van der Waals surface area (Å²) >= 11 is 6.07. The molecule has 0 saturated carbocycles. The number of phenols is 1. The topological polar surface area (TPSA) is 56.8 Å². The molecule has 3 rings (SSSR count). The van der Waals surface area contributed by atoms with Crippen LogP contribution in [0.25, 0.3) is 0 Å². The number of phenolic OH excluding ortho intramolecular Hbond substituents is 1. The Kier molecular flexibility index (Phi) is 5.98. The van der Waals surface area contributed by atoms with Gasteiger partial charge < -0.3 is 14.7 Å². The van der Waals surface area contributed by atoms with Gasteiger partial charge in [0.15, 0.2) is 11.5 Å². The minimum absolute atomic E-state index is 0.0406. The fourth-order valence-electron chi connectivity index (χ4n) is 3.38. The lowest BCUT2D eigenvalue weighted by Gasteiger charge is -2.25. The van der Waals surface area contributed by atoms with E-state index in [0.717, 1.165) is 24.2 Å². The average Bonchev–Trinajstić information content (AvgIpc) is 3.06. The van der Waals surface area contributed by atoms with Crippen LogP contribution < -0.4 is 15.6 Å². The first-order valence-corrected chi connectivity index (χ1v) is 8.83. The Bertz CT molecular complexity index is 757. The van der Waals surface area contributed by atoms with E-state index in [2.05, 4.69) is 15.8 Å². The normalized spacial score (nSPS) is 19.9. The first-order valence-electron chi connectivity index (χ1n) is 8.45. The number of hydrazine groups is 1. The number of hydrogen-bond acceptors (Lipinski definition) is 5. The molecular formula is C19H23ClFN3O2. The van der Waals surface area contributed by atoms with Gasteiger partial charge in [0.2, 0.25) is 0 Å². The highest BCUT2D eigenvalue weighted by Crippen LogP contribution is 2.35. The van der Waals surface area contributed by atoms with Gasteiger partial charge in [-0.3, -0.25) is 5.43 Å². The summed E-state index contributed by atoms with van der Waals surface area (Å²) in [6, 6.07) is 10.3. The van der Waals surface area contributed by atoms with Crippen LogP contribution in [0.4, 0.5) is 4.39 Å². The highest BCUT2D eigenvalue weighted by atomic mass is 35.5. The number of nitrogens with zero attached hydrogens (tertiary/aromatic N) is 1. The average molecular weight is 380 g/mol. The number of aromatic hydroxyl groups is 1. The van der Waals surface area contributed by atoms with Crippen LogP contribution in [0.1, 0.15) is 17.2 Å². The van der Waals surface area contributed by atoms with Crippen molar-refractivity contribution in [3.8, 4) is 11.5 Å². The van der Waals surface area contributed by atoms with Crippen molar-refractivity contribution in [2.45, 2.75) is 12.6 Å². The molecule has 2 aromatic carbocycles. The van der Waals surface area contributed by atoms with Crippen LogP contribution in [-0.2, 0) is 6.54 Å². The Morgan fingerprint density at radius 1 is 1.31 bits per heavy atom. The number of rotatable bonds is 6. The van der Waals surface area contributed by atoms with Crippen molar-refractivity contribution in [3.63, 3.8) is 0 Å². The Labute approximate surface area is 157 Å². The molecule has 2 unspecified atom stereocenters. The predicted octanol–water partition coefficient (Wildman–Crippen LogP) is 3.09. The maximum Gasteiger partial charge on any atom is 0.176 e. The van der Waals surface area contributed by atoms with Gasteiger partial charge in [0.25, 0.3) is 0 Å². The summed E-state index contributed by atoms with van der Waals surface area (Å²) in [5.74, 6) is 0.432. The molecule has 140 valence electrons. The quantitative estimate of drug-likeness (QED) is 0.720. The molecule has 0 amide bonds. The Morgan fingerprint density at radius 2 is 2.04 bits per heavy atom. The molecule has 2 atom stereocenters. The summed E-state index contributed by atoms with van der Waals surface area (Å²) in [5, 5.41) is 10.1. The van der Waals surface area contributed by atoms with Gasteiger partial charge in [-0.2, -0.15) is 0 Å². The molecule has 1 heterocycles. The van der Waals surface area contributed by atoms with Gasteiger partial charge in [-0.05, 0) is 42.4 Å². The van der Waals surface area contributed by atoms with Gasteiger partial charge in [-0.25, -0.2) is 9.82 Å². The van der Waals surface area contributed by atoms with Crippen molar-refractivity contribution < 1.29 is 14.2 Å². The van der Waals surface area contributed by atoms with E-state index in [9.17, 15) is 9.50 Å². The summed E-state index contributed by atoms with van der Waals surface area (Å²) in [6.45, 7) is 2.33. The molecule has 0 aromatic heterocycles. The third kappa shape index (κ3) is 4.27. The molecule has 3 N–H and O–H groups in total. The van der Waals surface area contributed by atoms with E-state index in [1.807, 2.05) is 19.2 Å². The highest BCUT2D eigenvalue weighted by Gasteiger charge is 2.29. The van der Waals surface area contributed by atoms with Gasteiger partial charge in [0.1, 0.15) is 5.82 Å². The molecule has 1 fully saturated rings. The zero-order valence-electron chi connectivity index (χ0n) is 14.8. The number of nitrogens with one attached hydrogen (secondary N) is 2. The maximum absolute atomic E-state index is 13.2. The zero-order chi connectivity index (χ0) is 18.7. The van der Waals surface area contributed by atoms with Crippen LogP contribution in [-0.4, -0.2) is 37.3 Å². The highest BCUT2D eigenvalue weighted by molar-refractivity contribution is 6.32. The summed E-state index contributed by atoms with van der Waals surface area (Å²) in [7, 11) is 3.54. The second kappa shape index (κ2) is 8.22. The van der Waals surface area contributed by atoms with Gasteiger partial charge in [0, 0.05) is 25.6 Å². The third-order valence-corrected chi connectivity index (χ3v) is 4.92. The monoisotopic (exact) mass is 379 g/mol. The second-order valence-electron chi connectivity index (χ2n) is 6.64. The van der Waals surface area contributed by atoms with Crippen molar-refractivity contribution in [1.82, 2.24) is 15.8 Å². The standard InChI is InChI=1S/C19H23ClFN3O2/c1-24(10-12-7-16(20)19(25)17(8-12)26-2)11-14-9-22-23-18(14)13-3-5-15(21)6-4-13/h3-8,14,18,22-23,25H,9-11H2,1-2H3. The van der Waals surface area contributed by atoms with Crippen LogP contribution in [0.15, 0.2) is 36.4 Å². The minimum atomic E-state index is -0.230. The smallest absolute Gasteiger partial charge is 0.176 e. The van der Waals surface area contributed by atoms with E-state index >= 15 is 0 Å². The number of halogens is 2. The molecule has 7 heteroatoms. The van der Waals surface area contributed by atoms with Crippen molar-refractivity contribution in [2.24, 2.45) is 5.92 Å². The molecule has 1 aliphatic rings. The van der Waals surface area contributed by atoms with E-state index in [4.69, 9.17) is 16.3 Å². The molecule has 26 heavy (non-hydrogen) atoms. The summed E-state index contributed by atoms with van der Waals surface area (Å²) < 4.78 is 18.3. The van der Waals surface area contributed by atoms with Crippen molar-refractivity contribution in [2.75, 3.05) is 27.2 Å². The third-order valence-electron chi connectivity index (χ3n) is 4.63. The van der Waals surface area contributed by atoms with Crippen LogP contribution in [0.5, 0.6) is 11.5 Å². The molecule has 2 aromatic rings. The van der Waals surface area contributed by atoms with Gasteiger partial charge >= 0.3 is 0 Å². The number of benzene rings is 2. The van der Waals surface area contributed by atoms with Crippen LogP contribution in [0.3, 0.4) is 0 Å². The predicted molar refractivity (Wildman–Crippen MR) is 99.8 cm³/mol. The molecular weight excluding hydrogens is 357 g/mol. The molecule has 5 nitrogen and oxygen atoms in total. The number of hydrogen-bond donors (Lipinski definition) is 3. The minimum Gasteiger partial charge on any atom is -0.503 e. The second-order valence-corrected chi connectivity index (χ2v) is 7.05. The SMILES string of the molecule is COc1cc(CN(C)CC2CNNC2c2ccc(F)cc2)cc(Cl)c1O. The fourth-order valence-corrected chi connectivity index (χ4v) is 3.62. The number of methoxy groups -OCH3 is 1. The van der Waals surface area contributed by atoms with E-state index in [0.29, 0.717) is 18.2 Å². The van der Waals surface area contributed by atoms with Gasteiger partial charge in [-0.1, -0.05) is 23.7 Å². The number of ether oxygens (including phenoxy) is 1. The molecule has 0 aliphatic carbocycles. The van der Waals surface area contributed by atoms with E-state index in [-0.39, 0.29) is 22.6 Å². The first-order chi connectivity index (χ1) is 12.5. The Hall–Kier alpha value is -1.86. The Morgan fingerprint density at radius 3 is 2.73 bits per heavy atom. The summed E-state index contributed by atoms with van der Waals surface area (Å²) in [6.07, 6.45) is 0. The Balaban J connectivity index is 1.66. The lowest BCUT2D eigenvalue weighted by atomic mass is 9.94. The zero-order valence-corrected chi connectivity index (χ0v) is 15.6. The van der Waals surface area contributed by atoms with Crippen LogP contribution in [0, 0.1) is 11.7 Å². The molecule has 1 saturated heterocycles.